The summed E-state index contributed by atoms with van der Waals surface area (Å²) in [6, 6.07) is 12.2. The molecule has 2 saturated heterocycles. The number of benzene rings is 2. The molecule has 0 saturated carbocycles. The molecule has 2 aliphatic rings. The number of thiazole rings is 1. The first kappa shape index (κ1) is 23.5. The third kappa shape index (κ3) is 4.66. The van der Waals surface area contributed by atoms with E-state index in [9.17, 15) is 13.2 Å². The van der Waals surface area contributed by atoms with E-state index in [1.807, 2.05) is 23.1 Å². The van der Waals surface area contributed by atoms with Gasteiger partial charge >= 0.3 is 0 Å². The Balaban J connectivity index is 1.23. The minimum absolute atomic E-state index is 0.0780. The number of fused-ring (bicyclic) bond motifs is 1. The Morgan fingerprint density at radius 2 is 1.56 bits per heavy atom. The monoisotopic (exact) mass is 518 g/mol. The minimum Gasteiger partial charge on any atom is -0.345 e. The van der Waals surface area contributed by atoms with Gasteiger partial charge in [-0.05, 0) is 49.2 Å². The second-order valence-corrected chi connectivity index (χ2v) is 12.1. The number of piperazine rings is 1. The maximum Gasteiger partial charge on any atom is 0.253 e. The maximum absolute atomic E-state index is 13.1. The van der Waals surface area contributed by atoms with Gasteiger partial charge in [-0.15, -0.1) is 0 Å². The van der Waals surface area contributed by atoms with Crippen LogP contribution in [0.3, 0.4) is 0 Å². The molecule has 0 radical (unpaired) electrons. The summed E-state index contributed by atoms with van der Waals surface area (Å²) in [5.41, 5.74) is 1.33. The lowest BCUT2D eigenvalue weighted by atomic mass is 10.2. The summed E-state index contributed by atoms with van der Waals surface area (Å²) in [4.78, 5) is 22.0. The van der Waals surface area contributed by atoms with Crippen LogP contribution in [0.5, 0.6) is 0 Å². The summed E-state index contributed by atoms with van der Waals surface area (Å²) in [7, 11) is -3.52. The fourth-order valence-electron chi connectivity index (χ4n) is 4.52. The minimum atomic E-state index is -3.52. The van der Waals surface area contributed by atoms with Crippen LogP contribution in [-0.2, 0) is 10.0 Å². The smallest absolute Gasteiger partial charge is 0.253 e. The fraction of sp³-hybridized carbons (Fsp3) is 0.417. The van der Waals surface area contributed by atoms with Gasteiger partial charge in [0.05, 0.1) is 14.6 Å². The van der Waals surface area contributed by atoms with Gasteiger partial charge in [-0.25, -0.2) is 13.4 Å². The first-order valence-electron chi connectivity index (χ1n) is 11.6. The molecule has 0 bridgehead atoms. The molecule has 0 unspecified atom stereocenters. The Morgan fingerprint density at radius 1 is 0.882 bits per heavy atom. The molecule has 1 amide bonds. The second kappa shape index (κ2) is 9.81. The first-order chi connectivity index (χ1) is 16.4. The van der Waals surface area contributed by atoms with Gasteiger partial charge in [-0.2, -0.15) is 4.31 Å². The van der Waals surface area contributed by atoms with Crippen molar-refractivity contribution in [3.63, 3.8) is 0 Å². The van der Waals surface area contributed by atoms with Gasteiger partial charge in [0.15, 0.2) is 5.13 Å². The molecule has 1 aromatic heterocycles. The number of hydrogen-bond donors (Lipinski definition) is 0. The predicted octanol–water partition coefficient (Wildman–Crippen LogP) is 4.48. The number of nitrogens with zero attached hydrogens (tertiary/aromatic N) is 4. The molecule has 2 aromatic carbocycles. The lowest BCUT2D eigenvalue weighted by Gasteiger charge is -2.34. The highest BCUT2D eigenvalue weighted by Crippen LogP contribution is 2.33. The third-order valence-electron chi connectivity index (χ3n) is 6.50. The zero-order valence-corrected chi connectivity index (χ0v) is 21.2. The Hall–Kier alpha value is -2.20. The topological polar surface area (TPSA) is 73.8 Å². The van der Waals surface area contributed by atoms with Crippen molar-refractivity contribution in [2.75, 3.05) is 44.2 Å². The molecule has 0 aliphatic carbocycles. The quantitative estimate of drug-likeness (QED) is 0.509. The fourth-order valence-corrected chi connectivity index (χ4v) is 7.36. The average molecular weight is 519 g/mol. The molecule has 180 valence electrons. The number of aromatic nitrogens is 1. The van der Waals surface area contributed by atoms with E-state index in [4.69, 9.17) is 11.6 Å². The Labute approximate surface area is 209 Å². The van der Waals surface area contributed by atoms with E-state index in [2.05, 4.69) is 9.88 Å². The van der Waals surface area contributed by atoms with E-state index in [-0.39, 0.29) is 10.8 Å². The van der Waals surface area contributed by atoms with E-state index < -0.39 is 10.0 Å². The summed E-state index contributed by atoms with van der Waals surface area (Å²) in [5, 5.41) is 1.56. The van der Waals surface area contributed by atoms with Gasteiger partial charge in [0.1, 0.15) is 5.52 Å². The van der Waals surface area contributed by atoms with Crippen molar-refractivity contribution >= 4 is 54.2 Å². The third-order valence-corrected chi connectivity index (χ3v) is 9.80. The van der Waals surface area contributed by atoms with E-state index in [1.54, 1.807) is 39.9 Å². The molecule has 5 rings (SSSR count). The van der Waals surface area contributed by atoms with Crippen molar-refractivity contribution in [1.82, 2.24) is 14.2 Å². The standard InChI is InChI=1S/C24H27ClN4O3S2/c25-20-6-5-7-21-22(20)26-24(33-21)28-16-14-27(15-17-28)23(30)18-8-10-19(11-9-18)34(31,32)29-12-3-1-2-4-13-29/h5-11H,1-4,12-17H2. The van der Waals surface area contributed by atoms with Crippen molar-refractivity contribution in [3.05, 3.63) is 53.1 Å². The van der Waals surface area contributed by atoms with Crippen LogP contribution in [0.1, 0.15) is 36.0 Å². The van der Waals surface area contributed by atoms with Crippen LogP contribution in [0.4, 0.5) is 5.13 Å². The molecule has 7 nitrogen and oxygen atoms in total. The number of anilines is 1. The number of sulfonamides is 1. The molecule has 0 spiro atoms. The zero-order chi connectivity index (χ0) is 23.7. The van der Waals surface area contributed by atoms with Gasteiger partial charge in [0.2, 0.25) is 10.0 Å². The molecule has 34 heavy (non-hydrogen) atoms. The van der Waals surface area contributed by atoms with E-state index in [0.717, 1.165) is 41.0 Å². The lowest BCUT2D eigenvalue weighted by molar-refractivity contribution is 0.0746. The predicted molar refractivity (Wildman–Crippen MR) is 136 cm³/mol. The van der Waals surface area contributed by atoms with Gasteiger partial charge in [0, 0.05) is 44.8 Å². The van der Waals surface area contributed by atoms with Crippen molar-refractivity contribution < 1.29 is 13.2 Å². The molecule has 0 atom stereocenters. The number of carbonyl (C=O) groups excluding carboxylic acids is 1. The number of hydrogen-bond acceptors (Lipinski definition) is 6. The second-order valence-electron chi connectivity index (χ2n) is 8.70. The summed E-state index contributed by atoms with van der Waals surface area (Å²) >= 11 is 7.87. The molecular formula is C24H27ClN4O3S2. The highest BCUT2D eigenvalue weighted by atomic mass is 35.5. The molecule has 3 aromatic rings. The molecule has 0 N–H and O–H groups in total. The van der Waals surface area contributed by atoms with E-state index in [1.165, 1.54) is 0 Å². The van der Waals surface area contributed by atoms with Gasteiger partial charge < -0.3 is 9.80 Å². The molecular weight excluding hydrogens is 492 g/mol. The van der Waals surface area contributed by atoms with Gasteiger partial charge in [-0.3, -0.25) is 4.79 Å². The first-order valence-corrected chi connectivity index (χ1v) is 14.3. The molecule has 10 heteroatoms. The van der Waals surface area contributed by atoms with Crippen LogP contribution in [0, 0.1) is 0 Å². The van der Waals surface area contributed by atoms with Crippen molar-refractivity contribution in [1.29, 1.82) is 0 Å². The number of para-hydroxylation sites is 1. The highest BCUT2D eigenvalue weighted by Gasteiger charge is 2.27. The Bertz CT molecular complexity index is 1280. The largest absolute Gasteiger partial charge is 0.345 e. The Kier molecular flexibility index (Phi) is 6.79. The average Bonchev–Trinajstić information content (AvgIpc) is 3.11. The zero-order valence-electron chi connectivity index (χ0n) is 18.8. The molecule has 3 heterocycles. The van der Waals surface area contributed by atoms with Crippen molar-refractivity contribution in [2.24, 2.45) is 0 Å². The van der Waals surface area contributed by atoms with Crippen LogP contribution < -0.4 is 4.90 Å². The number of carbonyl (C=O) groups is 1. The SMILES string of the molecule is O=C(c1ccc(S(=O)(=O)N2CCCCCC2)cc1)N1CCN(c2nc3c(Cl)cccc3s2)CC1. The van der Waals surface area contributed by atoms with Crippen molar-refractivity contribution in [2.45, 2.75) is 30.6 Å². The normalized spacial score (nSPS) is 18.3. The van der Waals surface area contributed by atoms with Gasteiger partial charge in [-0.1, -0.05) is 41.8 Å². The summed E-state index contributed by atoms with van der Waals surface area (Å²) in [6.07, 6.45) is 3.93. The Morgan fingerprint density at radius 3 is 2.21 bits per heavy atom. The summed E-state index contributed by atoms with van der Waals surface area (Å²) < 4.78 is 28.6. The number of halogens is 1. The summed E-state index contributed by atoms with van der Waals surface area (Å²) in [5.74, 6) is -0.0780. The molecule has 2 fully saturated rings. The van der Waals surface area contributed by atoms with Crippen LogP contribution in [0.2, 0.25) is 5.02 Å². The number of rotatable bonds is 4. The van der Waals surface area contributed by atoms with Crippen LogP contribution in [0.25, 0.3) is 10.2 Å². The summed E-state index contributed by atoms with van der Waals surface area (Å²) in [6.45, 7) is 3.66. The van der Waals surface area contributed by atoms with E-state index >= 15 is 0 Å². The van der Waals surface area contributed by atoms with Crippen LogP contribution in [0.15, 0.2) is 47.4 Å². The lowest BCUT2D eigenvalue weighted by Crippen LogP contribution is -2.48. The molecule has 2 aliphatic heterocycles. The van der Waals surface area contributed by atoms with E-state index in [0.29, 0.717) is 49.9 Å². The van der Waals surface area contributed by atoms with Crippen molar-refractivity contribution in [3.8, 4) is 0 Å². The number of amides is 1. The van der Waals surface area contributed by atoms with Crippen LogP contribution in [-0.4, -0.2) is 67.8 Å². The van der Waals surface area contributed by atoms with Crippen LogP contribution >= 0.6 is 22.9 Å². The van der Waals surface area contributed by atoms with Gasteiger partial charge in [0.25, 0.3) is 5.91 Å². The highest BCUT2D eigenvalue weighted by molar-refractivity contribution is 7.89. The maximum atomic E-state index is 13.1.